The number of nitrogens with zero attached hydrogens (tertiary/aromatic N) is 1. The van der Waals surface area contributed by atoms with Crippen LogP contribution in [0.25, 0.3) is 0 Å². The zero-order chi connectivity index (χ0) is 10.6. The van der Waals surface area contributed by atoms with Crippen LogP contribution in [0.3, 0.4) is 0 Å². The summed E-state index contributed by atoms with van der Waals surface area (Å²) >= 11 is 0. The van der Waals surface area contributed by atoms with Crippen molar-refractivity contribution in [2.75, 3.05) is 26.7 Å². The van der Waals surface area contributed by atoms with Crippen molar-refractivity contribution in [1.29, 1.82) is 0 Å². The van der Waals surface area contributed by atoms with E-state index in [1.807, 2.05) is 0 Å². The number of rotatable bonds is 6. The normalized spacial score (nSPS) is 27.0. The molecule has 0 aliphatic heterocycles. The zero-order valence-corrected chi connectivity index (χ0v) is 9.57. The first-order valence-electron chi connectivity index (χ1n) is 5.56. The number of aliphatic hydroxyl groups excluding tert-OH is 1. The molecule has 1 saturated carbocycles. The lowest BCUT2D eigenvalue weighted by atomic mass is 9.82. The summed E-state index contributed by atoms with van der Waals surface area (Å²) in [4.78, 5) is 2.29. The Morgan fingerprint density at radius 1 is 1.43 bits per heavy atom. The maximum atomic E-state index is 9.14. The van der Waals surface area contributed by atoms with Crippen molar-refractivity contribution < 1.29 is 9.84 Å². The van der Waals surface area contributed by atoms with Crippen molar-refractivity contribution in [3.05, 3.63) is 0 Å². The van der Waals surface area contributed by atoms with E-state index < -0.39 is 0 Å². The maximum Gasteiger partial charge on any atom is 0.0596 e. The highest BCUT2D eigenvalue weighted by Crippen LogP contribution is 2.27. The van der Waals surface area contributed by atoms with E-state index >= 15 is 0 Å². The summed E-state index contributed by atoms with van der Waals surface area (Å²) in [6, 6.07) is 0. The van der Waals surface area contributed by atoms with Crippen LogP contribution < -0.4 is 0 Å². The number of aliphatic hydroxyl groups is 1. The molecule has 0 unspecified atom stereocenters. The minimum Gasteiger partial charge on any atom is -0.393 e. The predicted octanol–water partition coefficient (Wildman–Crippen LogP) is 1.11. The maximum absolute atomic E-state index is 9.14. The molecule has 1 N–H and O–H groups in total. The molecule has 1 fully saturated rings. The molecule has 0 saturated heterocycles. The van der Waals surface area contributed by atoms with Gasteiger partial charge in [0, 0.05) is 13.1 Å². The van der Waals surface area contributed by atoms with E-state index in [9.17, 15) is 0 Å². The van der Waals surface area contributed by atoms with Gasteiger partial charge in [0.2, 0.25) is 0 Å². The fraction of sp³-hybridized carbons (Fsp3) is 1.00. The third kappa shape index (κ3) is 4.40. The van der Waals surface area contributed by atoms with Crippen molar-refractivity contribution in [1.82, 2.24) is 4.90 Å². The Balaban J connectivity index is 1.96. The standard InChI is InChI=1S/C11H23NO2/c1-9(2)14-5-4-12(3)8-10-6-11(13)7-10/h9-11,13H,4-8H2,1-3H3. The Hall–Kier alpha value is -0.120. The molecule has 1 rings (SSSR count). The molecule has 0 atom stereocenters. The Kier molecular flexibility index (Phi) is 4.85. The van der Waals surface area contributed by atoms with Crippen molar-refractivity contribution in [2.45, 2.75) is 38.9 Å². The lowest BCUT2D eigenvalue weighted by molar-refractivity contribution is 0.0183. The van der Waals surface area contributed by atoms with Gasteiger partial charge in [0.15, 0.2) is 0 Å². The van der Waals surface area contributed by atoms with Gasteiger partial charge in [-0.2, -0.15) is 0 Å². The van der Waals surface area contributed by atoms with Crippen molar-refractivity contribution >= 4 is 0 Å². The quantitative estimate of drug-likeness (QED) is 0.699. The number of hydrogen-bond donors (Lipinski definition) is 1. The van der Waals surface area contributed by atoms with Gasteiger partial charge in [-0.25, -0.2) is 0 Å². The van der Waals surface area contributed by atoms with E-state index in [0.717, 1.165) is 32.5 Å². The van der Waals surface area contributed by atoms with Crippen LogP contribution in [0.5, 0.6) is 0 Å². The first kappa shape index (κ1) is 12.0. The van der Waals surface area contributed by atoms with Crippen LogP contribution in [0.1, 0.15) is 26.7 Å². The van der Waals surface area contributed by atoms with E-state index in [1.165, 1.54) is 0 Å². The summed E-state index contributed by atoms with van der Waals surface area (Å²) in [5, 5.41) is 9.14. The molecule has 0 aromatic heterocycles. The number of hydrogen-bond acceptors (Lipinski definition) is 3. The fourth-order valence-corrected chi connectivity index (χ4v) is 1.83. The van der Waals surface area contributed by atoms with Crippen LogP contribution in [0.4, 0.5) is 0 Å². The van der Waals surface area contributed by atoms with E-state index in [2.05, 4.69) is 25.8 Å². The summed E-state index contributed by atoms with van der Waals surface area (Å²) < 4.78 is 5.48. The SMILES string of the molecule is CC(C)OCCN(C)CC1CC(O)C1. The van der Waals surface area contributed by atoms with Gasteiger partial charge in [-0.15, -0.1) is 0 Å². The molecule has 0 radical (unpaired) electrons. The predicted molar refractivity (Wildman–Crippen MR) is 57.3 cm³/mol. The number of ether oxygens (including phenoxy) is 1. The zero-order valence-electron chi connectivity index (χ0n) is 9.57. The molecule has 1 aliphatic rings. The molecule has 0 bridgehead atoms. The molecule has 0 heterocycles. The third-order valence-electron chi connectivity index (χ3n) is 2.70. The Bertz CT molecular complexity index is 155. The van der Waals surface area contributed by atoms with Crippen molar-refractivity contribution in [3.63, 3.8) is 0 Å². The van der Waals surface area contributed by atoms with Crippen LogP contribution in [-0.2, 0) is 4.74 Å². The molecule has 3 heteroatoms. The third-order valence-corrected chi connectivity index (χ3v) is 2.70. The molecule has 14 heavy (non-hydrogen) atoms. The van der Waals surface area contributed by atoms with Crippen molar-refractivity contribution in [3.8, 4) is 0 Å². The van der Waals surface area contributed by atoms with Crippen LogP contribution in [0.15, 0.2) is 0 Å². The molecular formula is C11H23NO2. The highest BCUT2D eigenvalue weighted by atomic mass is 16.5. The van der Waals surface area contributed by atoms with Gasteiger partial charge < -0.3 is 14.7 Å². The second kappa shape index (κ2) is 5.69. The summed E-state index contributed by atoms with van der Waals surface area (Å²) in [7, 11) is 2.12. The molecule has 0 spiro atoms. The topological polar surface area (TPSA) is 32.7 Å². The van der Waals surface area contributed by atoms with Crippen LogP contribution in [0.2, 0.25) is 0 Å². The molecule has 0 aromatic rings. The largest absolute Gasteiger partial charge is 0.393 e. The van der Waals surface area contributed by atoms with Gasteiger partial charge in [-0.05, 0) is 39.7 Å². The summed E-state index contributed by atoms with van der Waals surface area (Å²) in [5.41, 5.74) is 0. The molecular weight excluding hydrogens is 178 g/mol. The Labute approximate surface area is 87.1 Å². The minimum absolute atomic E-state index is 0.0275. The van der Waals surface area contributed by atoms with Gasteiger partial charge in [-0.1, -0.05) is 0 Å². The van der Waals surface area contributed by atoms with Crippen molar-refractivity contribution in [2.24, 2.45) is 5.92 Å². The van der Waals surface area contributed by atoms with E-state index in [-0.39, 0.29) is 6.10 Å². The second-order valence-electron chi connectivity index (χ2n) is 4.67. The monoisotopic (exact) mass is 201 g/mol. The van der Waals surface area contributed by atoms with Gasteiger partial charge in [0.1, 0.15) is 0 Å². The molecule has 0 aromatic carbocycles. The molecule has 0 amide bonds. The summed E-state index contributed by atoms with van der Waals surface area (Å²) in [6.45, 7) is 7.01. The molecule has 84 valence electrons. The smallest absolute Gasteiger partial charge is 0.0596 e. The van der Waals surface area contributed by atoms with Gasteiger partial charge in [0.05, 0.1) is 18.8 Å². The van der Waals surface area contributed by atoms with Crippen LogP contribution >= 0.6 is 0 Å². The highest BCUT2D eigenvalue weighted by Gasteiger charge is 2.27. The Morgan fingerprint density at radius 2 is 2.07 bits per heavy atom. The summed E-state index contributed by atoms with van der Waals surface area (Å²) in [5.74, 6) is 0.703. The van der Waals surface area contributed by atoms with E-state index in [4.69, 9.17) is 9.84 Å². The van der Waals surface area contributed by atoms with Gasteiger partial charge in [-0.3, -0.25) is 0 Å². The first-order chi connectivity index (χ1) is 6.58. The lowest BCUT2D eigenvalue weighted by Gasteiger charge is -2.34. The second-order valence-corrected chi connectivity index (χ2v) is 4.67. The fourth-order valence-electron chi connectivity index (χ4n) is 1.83. The van der Waals surface area contributed by atoms with Gasteiger partial charge in [0.25, 0.3) is 0 Å². The minimum atomic E-state index is -0.0275. The lowest BCUT2D eigenvalue weighted by Crippen LogP contribution is -2.38. The molecule has 3 nitrogen and oxygen atoms in total. The van der Waals surface area contributed by atoms with Crippen LogP contribution in [-0.4, -0.2) is 49.0 Å². The average molecular weight is 201 g/mol. The van der Waals surface area contributed by atoms with Crippen LogP contribution in [0, 0.1) is 5.92 Å². The highest BCUT2D eigenvalue weighted by molar-refractivity contribution is 4.80. The Morgan fingerprint density at radius 3 is 2.57 bits per heavy atom. The first-order valence-corrected chi connectivity index (χ1v) is 5.56. The van der Waals surface area contributed by atoms with E-state index in [1.54, 1.807) is 0 Å². The average Bonchev–Trinajstić information content (AvgIpc) is 2.00. The van der Waals surface area contributed by atoms with E-state index in [0.29, 0.717) is 12.0 Å². The summed E-state index contributed by atoms with van der Waals surface area (Å²) in [6.07, 6.45) is 2.26. The molecule has 1 aliphatic carbocycles. The number of likely N-dealkylation sites (N-methyl/N-ethyl adjacent to an activating group) is 1. The van der Waals surface area contributed by atoms with Gasteiger partial charge >= 0.3 is 0 Å².